The Morgan fingerprint density at radius 2 is 2.00 bits per heavy atom. The highest BCUT2D eigenvalue weighted by Crippen LogP contribution is 2.37. The van der Waals surface area contributed by atoms with Crippen molar-refractivity contribution in [1.29, 1.82) is 0 Å². The highest BCUT2D eigenvalue weighted by molar-refractivity contribution is 8.14. The molecule has 2 rings (SSSR count). The summed E-state index contributed by atoms with van der Waals surface area (Å²) in [5.41, 5.74) is 0.450. The van der Waals surface area contributed by atoms with Crippen LogP contribution in [-0.4, -0.2) is 47.2 Å². The first-order chi connectivity index (χ1) is 9.06. The molecule has 1 atom stereocenters. The van der Waals surface area contributed by atoms with Crippen LogP contribution in [0.2, 0.25) is 0 Å². The molecule has 0 fully saturated rings. The number of phenols is 1. The van der Waals surface area contributed by atoms with Crippen LogP contribution in [0.5, 0.6) is 17.2 Å². The Hall–Kier alpha value is -1.89. The topological polar surface area (TPSA) is 88.4 Å². The lowest BCUT2D eigenvalue weighted by atomic mass is 10.2. The number of phenolic OH excluding ortho intramolecular Hbond substituents is 1. The monoisotopic (exact) mass is 283 g/mol. The van der Waals surface area contributed by atoms with Gasteiger partial charge in [-0.2, -0.15) is 0 Å². The standard InChI is InChI=1S/C12H13NO5S/c1-17-9-3-6(8(14)4-10(9)18-2)11-13-7(5-19-11)12(15)16/h3-4,7,14H,5H2,1-2H3,(H,15,16)/t7-/m1/s1. The van der Waals surface area contributed by atoms with Crippen LogP contribution in [0.15, 0.2) is 17.1 Å². The molecule has 7 heteroatoms. The van der Waals surface area contributed by atoms with E-state index in [1.54, 1.807) is 6.07 Å². The smallest absolute Gasteiger partial charge is 0.329 e. The van der Waals surface area contributed by atoms with Crippen molar-refractivity contribution in [2.24, 2.45) is 4.99 Å². The van der Waals surface area contributed by atoms with Gasteiger partial charge >= 0.3 is 5.97 Å². The van der Waals surface area contributed by atoms with Gasteiger partial charge in [-0.25, -0.2) is 4.79 Å². The molecule has 19 heavy (non-hydrogen) atoms. The van der Waals surface area contributed by atoms with Gasteiger partial charge in [-0.1, -0.05) is 0 Å². The van der Waals surface area contributed by atoms with E-state index in [0.717, 1.165) is 0 Å². The summed E-state index contributed by atoms with van der Waals surface area (Å²) in [4.78, 5) is 14.9. The van der Waals surface area contributed by atoms with E-state index in [1.165, 1.54) is 32.0 Å². The summed E-state index contributed by atoms with van der Waals surface area (Å²) in [6.07, 6.45) is 0. The van der Waals surface area contributed by atoms with Crippen LogP contribution >= 0.6 is 11.8 Å². The third-order valence-corrected chi connectivity index (χ3v) is 3.75. The Morgan fingerprint density at radius 1 is 1.37 bits per heavy atom. The van der Waals surface area contributed by atoms with E-state index < -0.39 is 12.0 Å². The first-order valence-corrected chi connectivity index (χ1v) is 6.44. The van der Waals surface area contributed by atoms with Crippen molar-refractivity contribution < 1.29 is 24.5 Å². The van der Waals surface area contributed by atoms with Crippen molar-refractivity contribution in [3.05, 3.63) is 17.7 Å². The fraction of sp³-hybridized carbons (Fsp3) is 0.333. The molecule has 0 amide bonds. The second-order valence-electron chi connectivity index (χ2n) is 3.82. The number of benzene rings is 1. The van der Waals surface area contributed by atoms with E-state index in [4.69, 9.17) is 14.6 Å². The molecule has 1 heterocycles. The molecule has 6 nitrogen and oxygen atoms in total. The number of rotatable bonds is 4. The lowest BCUT2D eigenvalue weighted by Crippen LogP contribution is -2.17. The molecule has 0 bridgehead atoms. The molecule has 2 N–H and O–H groups in total. The summed E-state index contributed by atoms with van der Waals surface area (Å²) in [5, 5.41) is 19.3. The van der Waals surface area contributed by atoms with Gasteiger partial charge in [0.15, 0.2) is 17.5 Å². The molecule has 0 aromatic heterocycles. The SMILES string of the molecule is COc1cc(O)c(C2=N[C@@H](C(=O)O)CS2)cc1OC. The van der Waals surface area contributed by atoms with Crippen molar-refractivity contribution in [3.63, 3.8) is 0 Å². The second-order valence-corrected chi connectivity index (χ2v) is 4.83. The third kappa shape index (κ3) is 2.60. The van der Waals surface area contributed by atoms with Crippen LogP contribution in [0.1, 0.15) is 5.56 Å². The molecule has 0 saturated carbocycles. The second kappa shape index (κ2) is 5.40. The average Bonchev–Trinajstić information content (AvgIpc) is 2.87. The maximum absolute atomic E-state index is 10.9. The molecule has 1 aliphatic rings. The number of carboxylic acid groups (broad SMARTS) is 1. The highest BCUT2D eigenvalue weighted by Gasteiger charge is 2.27. The largest absolute Gasteiger partial charge is 0.507 e. The van der Waals surface area contributed by atoms with Crippen molar-refractivity contribution >= 4 is 22.8 Å². The summed E-state index contributed by atoms with van der Waals surface area (Å²) in [5.74, 6) is 0.232. The van der Waals surface area contributed by atoms with E-state index in [-0.39, 0.29) is 5.75 Å². The Morgan fingerprint density at radius 3 is 2.53 bits per heavy atom. The Balaban J connectivity index is 2.41. The van der Waals surface area contributed by atoms with Gasteiger partial charge in [0.1, 0.15) is 10.8 Å². The fourth-order valence-electron chi connectivity index (χ4n) is 1.69. The first kappa shape index (κ1) is 13.5. The summed E-state index contributed by atoms with van der Waals surface area (Å²) in [7, 11) is 2.96. The molecule has 1 aromatic carbocycles. The Labute approximate surface area is 114 Å². The number of methoxy groups -OCH3 is 2. The number of aliphatic imine (C=N–C) groups is 1. The molecule has 0 saturated heterocycles. The van der Waals surface area contributed by atoms with Crippen LogP contribution in [0.4, 0.5) is 0 Å². The van der Waals surface area contributed by atoms with Gasteiger partial charge in [-0.15, -0.1) is 11.8 Å². The zero-order valence-electron chi connectivity index (χ0n) is 10.4. The predicted molar refractivity (Wildman–Crippen MR) is 71.6 cm³/mol. The number of aromatic hydroxyl groups is 1. The third-order valence-electron chi connectivity index (χ3n) is 2.67. The zero-order valence-corrected chi connectivity index (χ0v) is 11.2. The molecule has 0 aliphatic carbocycles. The number of hydrogen-bond donors (Lipinski definition) is 2. The van der Waals surface area contributed by atoms with Crippen LogP contribution < -0.4 is 9.47 Å². The van der Waals surface area contributed by atoms with Crippen LogP contribution in [-0.2, 0) is 4.79 Å². The quantitative estimate of drug-likeness (QED) is 0.867. The number of ether oxygens (including phenoxy) is 2. The number of hydrogen-bond acceptors (Lipinski definition) is 6. The fourth-order valence-corrected chi connectivity index (χ4v) is 2.74. The molecule has 1 aromatic rings. The molecule has 1 aliphatic heterocycles. The minimum absolute atomic E-state index is 0.0186. The number of carbonyl (C=O) groups is 1. The molecular weight excluding hydrogens is 270 g/mol. The Bertz CT molecular complexity index is 543. The first-order valence-electron chi connectivity index (χ1n) is 5.45. The number of aliphatic carboxylic acids is 1. The number of carboxylic acids is 1. The lowest BCUT2D eigenvalue weighted by molar-refractivity contribution is -0.137. The van der Waals surface area contributed by atoms with Gasteiger partial charge in [0.25, 0.3) is 0 Å². The minimum atomic E-state index is -0.970. The molecule has 102 valence electrons. The van der Waals surface area contributed by atoms with Crippen LogP contribution in [0, 0.1) is 0 Å². The summed E-state index contributed by atoms with van der Waals surface area (Å²) < 4.78 is 10.2. The van der Waals surface area contributed by atoms with Crippen molar-refractivity contribution in [2.75, 3.05) is 20.0 Å². The maximum atomic E-state index is 10.9. The van der Waals surface area contributed by atoms with Crippen molar-refractivity contribution in [2.45, 2.75) is 6.04 Å². The van der Waals surface area contributed by atoms with E-state index >= 15 is 0 Å². The predicted octanol–water partition coefficient (Wildman–Crippen LogP) is 1.36. The summed E-state index contributed by atoms with van der Waals surface area (Å²) >= 11 is 1.29. The summed E-state index contributed by atoms with van der Waals surface area (Å²) in [6.45, 7) is 0. The van der Waals surface area contributed by atoms with Gasteiger partial charge in [0.2, 0.25) is 0 Å². The number of nitrogens with zero attached hydrogens (tertiary/aromatic N) is 1. The molecule has 0 spiro atoms. The van der Waals surface area contributed by atoms with Crippen molar-refractivity contribution in [1.82, 2.24) is 0 Å². The van der Waals surface area contributed by atoms with Crippen LogP contribution in [0.25, 0.3) is 0 Å². The minimum Gasteiger partial charge on any atom is -0.507 e. The van der Waals surface area contributed by atoms with E-state index in [2.05, 4.69) is 4.99 Å². The normalized spacial score (nSPS) is 18.0. The van der Waals surface area contributed by atoms with E-state index in [1.807, 2.05) is 0 Å². The van der Waals surface area contributed by atoms with E-state index in [9.17, 15) is 9.90 Å². The van der Waals surface area contributed by atoms with E-state index in [0.29, 0.717) is 27.9 Å². The molecular formula is C12H13NO5S. The van der Waals surface area contributed by atoms with Crippen molar-refractivity contribution in [3.8, 4) is 17.2 Å². The number of thioether (sulfide) groups is 1. The molecule has 0 unspecified atom stereocenters. The molecule has 0 radical (unpaired) electrons. The highest BCUT2D eigenvalue weighted by atomic mass is 32.2. The van der Waals surface area contributed by atoms with Gasteiger partial charge < -0.3 is 19.7 Å². The van der Waals surface area contributed by atoms with Crippen LogP contribution in [0.3, 0.4) is 0 Å². The average molecular weight is 283 g/mol. The van der Waals surface area contributed by atoms with Gasteiger partial charge in [0.05, 0.1) is 19.8 Å². The summed E-state index contributed by atoms with van der Waals surface area (Å²) in [6, 6.07) is 2.24. The van der Waals surface area contributed by atoms with Gasteiger partial charge in [-0.05, 0) is 6.07 Å². The lowest BCUT2D eigenvalue weighted by Gasteiger charge is -2.11. The van der Waals surface area contributed by atoms with Gasteiger partial charge in [-0.3, -0.25) is 4.99 Å². The maximum Gasteiger partial charge on any atom is 0.329 e. The van der Waals surface area contributed by atoms with Gasteiger partial charge in [0, 0.05) is 11.8 Å². The Kier molecular flexibility index (Phi) is 3.84. The zero-order chi connectivity index (χ0) is 14.0.